The van der Waals surface area contributed by atoms with E-state index in [9.17, 15) is 4.79 Å². The lowest BCUT2D eigenvalue weighted by atomic mass is 10.1. The molecule has 0 spiro atoms. The smallest absolute Gasteiger partial charge is 0.289 e. The van der Waals surface area contributed by atoms with Crippen molar-refractivity contribution in [3.05, 3.63) is 34.5 Å². The number of hydrogen-bond donors (Lipinski definition) is 1. The van der Waals surface area contributed by atoms with Crippen LogP contribution in [-0.2, 0) is 0 Å². The van der Waals surface area contributed by atoms with Gasteiger partial charge in [0.2, 0.25) is 0 Å². The zero-order chi connectivity index (χ0) is 14.1. The molecule has 21 heavy (non-hydrogen) atoms. The molecule has 1 saturated heterocycles. The SMILES string of the molecule is Cc1c(C(=O)N2CCCNCC2)oc2c(Cl)cccc12.Cl. The highest BCUT2D eigenvalue weighted by Gasteiger charge is 2.24. The van der Waals surface area contributed by atoms with E-state index in [1.165, 1.54) is 0 Å². The van der Waals surface area contributed by atoms with Gasteiger partial charge < -0.3 is 14.6 Å². The summed E-state index contributed by atoms with van der Waals surface area (Å²) in [6, 6.07) is 5.58. The van der Waals surface area contributed by atoms with Crippen molar-refractivity contribution in [1.82, 2.24) is 10.2 Å². The van der Waals surface area contributed by atoms with Crippen molar-refractivity contribution in [1.29, 1.82) is 0 Å². The summed E-state index contributed by atoms with van der Waals surface area (Å²) in [5.41, 5.74) is 1.47. The Morgan fingerprint density at radius 1 is 1.33 bits per heavy atom. The first-order valence-electron chi connectivity index (χ1n) is 6.86. The summed E-state index contributed by atoms with van der Waals surface area (Å²) < 4.78 is 5.74. The van der Waals surface area contributed by atoms with E-state index in [0.717, 1.165) is 37.0 Å². The second-order valence-corrected chi connectivity index (χ2v) is 5.48. The third-order valence-corrected chi connectivity index (χ3v) is 4.03. The fourth-order valence-electron chi connectivity index (χ4n) is 2.61. The zero-order valence-corrected chi connectivity index (χ0v) is 13.4. The Morgan fingerprint density at radius 2 is 2.14 bits per heavy atom. The van der Waals surface area contributed by atoms with Gasteiger partial charge in [0.1, 0.15) is 0 Å². The van der Waals surface area contributed by atoms with Crippen molar-refractivity contribution in [3.8, 4) is 0 Å². The first-order chi connectivity index (χ1) is 9.68. The van der Waals surface area contributed by atoms with Gasteiger partial charge in [0, 0.05) is 30.6 Å². The molecule has 1 aromatic heterocycles. The number of carbonyl (C=O) groups excluding carboxylic acids is 1. The van der Waals surface area contributed by atoms with E-state index in [4.69, 9.17) is 16.0 Å². The maximum Gasteiger partial charge on any atom is 0.289 e. The number of halogens is 2. The van der Waals surface area contributed by atoms with Crippen LogP contribution >= 0.6 is 24.0 Å². The minimum atomic E-state index is -0.0431. The van der Waals surface area contributed by atoms with E-state index in [1.807, 2.05) is 24.0 Å². The molecular formula is C15H18Cl2N2O2. The van der Waals surface area contributed by atoms with Crippen LogP contribution in [0.4, 0.5) is 0 Å². The molecule has 0 saturated carbocycles. The standard InChI is InChI=1S/C15H17ClN2O2.ClH/c1-10-11-4-2-5-12(16)14(11)20-13(10)15(19)18-8-3-6-17-7-9-18;/h2,4-5,17H,3,6-9H2,1H3;1H. The third kappa shape index (κ3) is 3.03. The molecule has 2 aromatic rings. The molecule has 6 heteroatoms. The number of hydrogen-bond acceptors (Lipinski definition) is 3. The molecule has 1 N–H and O–H groups in total. The van der Waals surface area contributed by atoms with Gasteiger partial charge >= 0.3 is 0 Å². The van der Waals surface area contributed by atoms with Gasteiger partial charge in [0.05, 0.1) is 5.02 Å². The predicted molar refractivity (Wildman–Crippen MR) is 86.6 cm³/mol. The quantitative estimate of drug-likeness (QED) is 0.873. The number of amides is 1. The summed E-state index contributed by atoms with van der Waals surface area (Å²) in [4.78, 5) is 14.5. The Hall–Kier alpha value is -1.23. The molecule has 0 atom stereocenters. The molecule has 1 aromatic carbocycles. The van der Waals surface area contributed by atoms with Crippen molar-refractivity contribution < 1.29 is 9.21 Å². The number of rotatable bonds is 1. The number of aryl methyl sites for hydroxylation is 1. The van der Waals surface area contributed by atoms with Gasteiger partial charge in [-0.25, -0.2) is 0 Å². The van der Waals surface area contributed by atoms with Gasteiger partial charge in [-0.05, 0) is 26.0 Å². The van der Waals surface area contributed by atoms with Gasteiger partial charge in [-0.2, -0.15) is 0 Å². The monoisotopic (exact) mass is 328 g/mol. The highest BCUT2D eigenvalue weighted by atomic mass is 35.5. The molecule has 114 valence electrons. The van der Waals surface area contributed by atoms with Crippen LogP contribution in [0.15, 0.2) is 22.6 Å². The minimum absolute atomic E-state index is 0. The van der Waals surface area contributed by atoms with Crippen LogP contribution in [0.3, 0.4) is 0 Å². The topological polar surface area (TPSA) is 45.5 Å². The fourth-order valence-corrected chi connectivity index (χ4v) is 2.82. The summed E-state index contributed by atoms with van der Waals surface area (Å²) in [6.45, 7) is 5.16. The van der Waals surface area contributed by atoms with E-state index >= 15 is 0 Å². The fraction of sp³-hybridized carbons (Fsp3) is 0.400. The van der Waals surface area contributed by atoms with Crippen LogP contribution in [-0.4, -0.2) is 37.0 Å². The first kappa shape index (κ1) is 16.1. The van der Waals surface area contributed by atoms with Crippen LogP contribution in [0.2, 0.25) is 5.02 Å². The maximum absolute atomic E-state index is 12.6. The van der Waals surface area contributed by atoms with E-state index in [2.05, 4.69) is 5.32 Å². The Bertz CT molecular complexity index is 646. The van der Waals surface area contributed by atoms with Crippen LogP contribution in [0.25, 0.3) is 11.0 Å². The molecular weight excluding hydrogens is 311 g/mol. The second-order valence-electron chi connectivity index (χ2n) is 5.07. The van der Waals surface area contributed by atoms with Gasteiger partial charge in [0.25, 0.3) is 5.91 Å². The number of nitrogens with one attached hydrogen (secondary N) is 1. The molecule has 0 aliphatic carbocycles. The van der Waals surface area contributed by atoms with Crippen LogP contribution < -0.4 is 5.32 Å². The molecule has 3 rings (SSSR count). The number of carbonyl (C=O) groups is 1. The molecule has 0 bridgehead atoms. The third-order valence-electron chi connectivity index (χ3n) is 3.74. The molecule has 1 aliphatic heterocycles. The average molecular weight is 329 g/mol. The first-order valence-corrected chi connectivity index (χ1v) is 7.24. The highest BCUT2D eigenvalue weighted by Crippen LogP contribution is 2.31. The van der Waals surface area contributed by atoms with Crippen molar-refractivity contribution in [2.75, 3.05) is 26.2 Å². The second kappa shape index (κ2) is 6.69. The van der Waals surface area contributed by atoms with Gasteiger partial charge in [-0.15, -0.1) is 12.4 Å². The van der Waals surface area contributed by atoms with E-state index in [0.29, 0.717) is 22.9 Å². The normalized spacial score (nSPS) is 15.6. The van der Waals surface area contributed by atoms with E-state index in [1.54, 1.807) is 6.07 Å². The lowest BCUT2D eigenvalue weighted by Gasteiger charge is -2.18. The lowest BCUT2D eigenvalue weighted by Crippen LogP contribution is -2.34. The number of nitrogens with zero attached hydrogens (tertiary/aromatic N) is 1. The Kier molecular flexibility index (Phi) is 5.14. The van der Waals surface area contributed by atoms with Gasteiger partial charge in [-0.3, -0.25) is 4.79 Å². The average Bonchev–Trinajstić information content (AvgIpc) is 2.66. The van der Waals surface area contributed by atoms with Crippen LogP contribution in [0.1, 0.15) is 22.5 Å². The maximum atomic E-state index is 12.6. The van der Waals surface area contributed by atoms with Crippen molar-refractivity contribution >= 4 is 40.9 Å². The summed E-state index contributed by atoms with van der Waals surface area (Å²) in [5.74, 6) is 0.369. The molecule has 4 nitrogen and oxygen atoms in total. The summed E-state index contributed by atoms with van der Waals surface area (Å²) in [7, 11) is 0. The number of fused-ring (bicyclic) bond motifs is 1. The molecule has 2 heterocycles. The molecule has 0 unspecified atom stereocenters. The van der Waals surface area contributed by atoms with Gasteiger partial charge in [0.15, 0.2) is 11.3 Å². The Labute approximate surface area is 134 Å². The molecule has 1 fully saturated rings. The summed E-state index contributed by atoms with van der Waals surface area (Å²) in [6.07, 6.45) is 0.964. The van der Waals surface area contributed by atoms with E-state index in [-0.39, 0.29) is 18.3 Å². The van der Waals surface area contributed by atoms with Crippen molar-refractivity contribution in [2.24, 2.45) is 0 Å². The van der Waals surface area contributed by atoms with Crippen molar-refractivity contribution in [3.63, 3.8) is 0 Å². The van der Waals surface area contributed by atoms with Crippen molar-refractivity contribution in [2.45, 2.75) is 13.3 Å². The molecule has 0 radical (unpaired) electrons. The summed E-state index contributed by atoms with van der Waals surface area (Å²) >= 11 is 6.13. The summed E-state index contributed by atoms with van der Waals surface area (Å²) in [5, 5.41) is 4.74. The largest absolute Gasteiger partial charge is 0.449 e. The predicted octanol–water partition coefficient (Wildman–Crippen LogP) is 3.25. The number of furan rings is 1. The zero-order valence-electron chi connectivity index (χ0n) is 11.8. The lowest BCUT2D eigenvalue weighted by molar-refractivity contribution is 0.0736. The number of benzene rings is 1. The highest BCUT2D eigenvalue weighted by molar-refractivity contribution is 6.35. The Balaban J connectivity index is 0.00000161. The minimum Gasteiger partial charge on any atom is -0.449 e. The molecule has 1 amide bonds. The van der Waals surface area contributed by atoms with Crippen LogP contribution in [0.5, 0.6) is 0 Å². The van der Waals surface area contributed by atoms with Crippen LogP contribution in [0, 0.1) is 6.92 Å². The van der Waals surface area contributed by atoms with Gasteiger partial charge in [-0.1, -0.05) is 23.7 Å². The number of para-hydroxylation sites is 1. The Morgan fingerprint density at radius 3 is 2.90 bits per heavy atom. The van der Waals surface area contributed by atoms with E-state index < -0.39 is 0 Å². The molecule has 1 aliphatic rings.